The maximum Gasteiger partial charge on any atom is 0.431 e. The van der Waals surface area contributed by atoms with E-state index >= 15 is 0 Å². The average Bonchev–Trinajstić information content (AvgIpc) is 2.45. The van der Waals surface area contributed by atoms with E-state index in [0.717, 1.165) is 6.07 Å². The lowest BCUT2D eigenvalue weighted by atomic mass is 10.4. The fourth-order valence-corrected chi connectivity index (χ4v) is 1.29. The van der Waals surface area contributed by atoms with Gasteiger partial charge in [0.2, 0.25) is 0 Å². The van der Waals surface area contributed by atoms with Crippen molar-refractivity contribution in [3.05, 3.63) is 29.0 Å². The highest BCUT2D eigenvalue weighted by Crippen LogP contribution is 2.30. The van der Waals surface area contributed by atoms with Crippen molar-refractivity contribution in [2.45, 2.75) is 6.18 Å². The van der Waals surface area contributed by atoms with Crippen LogP contribution in [0, 0.1) is 0 Å². The number of alkyl halides is 3. The number of nitrogens with zero attached hydrogens (tertiary/aromatic N) is 1. The number of hydrogen-bond donors (Lipinski definition) is 1. The summed E-state index contributed by atoms with van der Waals surface area (Å²) >= 11 is 5.54. The summed E-state index contributed by atoms with van der Waals surface area (Å²) in [5, 5.41) is 0.172. The van der Waals surface area contributed by atoms with Crippen LogP contribution in [0.3, 0.4) is 0 Å². The SMILES string of the molecule is FC(F)(F)c1cc2nc(Cl)ccc2[nH]1. The van der Waals surface area contributed by atoms with Crippen molar-refractivity contribution in [1.29, 1.82) is 0 Å². The molecule has 0 saturated carbocycles. The first kappa shape index (κ1) is 9.33. The molecule has 0 bridgehead atoms. The predicted octanol–water partition coefficient (Wildman–Crippen LogP) is 3.24. The van der Waals surface area contributed by atoms with Gasteiger partial charge < -0.3 is 4.98 Å². The van der Waals surface area contributed by atoms with Gasteiger partial charge in [0.1, 0.15) is 10.8 Å². The molecule has 74 valence electrons. The van der Waals surface area contributed by atoms with Gasteiger partial charge in [0.25, 0.3) is 0 Å². The maximum absolute atomic E-state index is 12.2. The second-order valence-corrected chi connectivity index (χ2v) is 3.13. The van der Waals surface area contributed by atoms with E-state index in [-0.39, 0.29) is 10.7 Å². The Morgan fingerprint density at radius 1 is 1.29 bits per heavy atom. The molecule has 0 aliphatic heterocycles. The van der Waals surface area contributed by atoms with Crippen LogP contribution in [0.25, 0.3) is 11.0 Å². The van der Waals surface area contributed by atoms with Crippen LogP contribution in [0.5, 0.6) is 0 Å². The standard InChI is InChI=1S/C8H4ClF3N2/c9-7-2-1-4-5(14-7)3-6(13-4)8(10,11)12/h1-3,13H. The Hall–Kier alpha value is -1.23. The molecular weight excluding hydrogens is 217 g/mol. The monoisotopic (exact) mass is 220 g/mol. The molecule has 0 aliphatic carbocycles. The van der Waals surface area contributed by atoms with Crippen LogP contribution >= 0.6 is 11.6 Å². The smallest absolute Gasteiger partial charge is 0.350 e. The summed E-state index contributed by atoms with van der Waals surface area (Å²) in [5.41, 5.74) is -0.284. The van der Waals surface area contributed by atoms with Gasteiger partial charge in [0.05, 0.1) is 11.0 Å². The quantitative estimate of drug-likeness (QED) is 0.679. The van der Waals surface area contributed by atoms with Gasteiger partial charge in [0, 0.05) is 0 Å². The minimum absolute atomic E-state index is 0.172. The van der Waals surface area contributed by atoms with E-state index in [1.165, 1.54) is 12.1 Å². The molecule has 2 heterocycles. The number of fused-ring (bicyclic) bond motifs is 1. The minimum atomic E-state index is -4.38. The van der Waals surface area contributed by atoms with E-state index in [0.29, 0.717) is 5.52 Å². The van der Waals surface area contributed by atoms with Gasteiger partial charge in [-0.15, -0.1) is 0 Å². The van der Waals surface area contributed by atoms with Crippen LogP contribution in [0.4, 0.5) is 13.2 Å². The number of rotatable bonds is 0. The Morgan fingerprint density at radius 3 is 2.64 bits per heavy atom. The zero-order valence-electron chi connectivity index (χ0n) is 6.69. The number of hydrogen-bond acceptors (Lipinski definition) is 1. The second-order valence-electron chi connectivity index (χ2n) is 2.75. The van der Waals surface area contributed by atoms with Gasteiger partial charge in [-0.2, -0.15) is 13.2 Å². The first-order valence-electron chi connectivity index (χ1n) is 3.69. The molecule has 1 N–H and O–H groups in total. The van der Waals surface area contributed by atoms with Crippen molar-refractivity contribution >= 4 is 22.6 Å². The molecular formula is C8H4ClF3N2. The normalized spacial score (nSPS) is 12.3. The minimum Gasteiger partial charge on any atom is -0.350 e. The molecule has 2 aromatic heterocycles. The molecule has 14 heavy (non-hydrogen) atoms. The van der Waals surface area contributed by atoms with E-state index in [9.17, 15) is 13.2 Å². The van der Waals surface area contributed by atoms with Crippen molar-refractivity contribution in [3.8, 4) is 0 Å². The Balaban J connectivity index is 2.63. The maximum atomic E-state index is 12.2. The van der Waals surface area contributed by atoms with Crippen molar-refractivity contribution in [2.75, 3.05) is 0 Å². The third-order valence-corrected chi connectivity index (χ3v) is 1.96. The third kappa shape index (κ3) is 1.55. The molecule has 0 radical (unpaired) electrons. The van der Waals surface area contributed by atoms with Crippen LogP contribution in [0.15, 0.2) is 18.2 Å². The summed E-state index contributed by atoms with van der Waals surface area (Å²) in [6.07, 6.45) is -4.38. The molecule has 0 spiro atoms. The zero-order valence-corrected chi connectivity index (χ0v) is 7.45. The third-order valence-electron chi connectivity index (χ3n) is 1.75. The molecule has 0 aliphatic rings. The number of aromatic amines is 1. The number of pyridine rings is 1. The highest BCUT2D eigenvalue weighted by molar-refractivity contribution is 6.29. The van der Waals surface area contributed by atoms with Gasteiger partial charge in [0.15, 0.2) is 0 Å². The van der Waals surface area contributed by atoms with Crippen molar-refractivity contribution in [1.82, 2.24) is 9.97 Å². The van der Waals surface area contributed by atoms with E-state index < -0.39 is 11.9 Å². The number of H-pyrrole nitrogens is 1. The van der Waals surface area contributed by atoms with Crippen LogP contribution in [0.2, 0.25) is 5.15 Å². The van der Waals surface area contributed by atoms with E-state index in [4.69, 9.17) is 11.6 Å². The highest BCUT2D eigenvalue weighted by Gasteiger charge is 2.32. The Kier molecular flexibility index (Phi) is 1.92. The molecule has 6 heteroatoms. The molecule has 0 unspecified atom stereocenters. The first-order chi connectivity index (χ1) is 6.47. The molecule has 0 amide bonds. The topological polar surface area (TPSA) is 28.7 Å². The number of nitrogens with one attached hydrogen (secondary N) is 1. The van der Waals surface area contributed by atoms with Crippen LogP contribution in [0.1, 0.15) is 5.69 Å². The lowest BCUT2D eigenvalue weighted by Gasteiger charge is -2.00. The zero-order chi connectivity index (χ0) is 10.3. The summed E-state index contributed by atoms with van der Waals surface area (Å²) in [7, 11) is 0. The summed E-state index contributed by atoms with van der Waals surface area (Å²) in [6, 6.07) is 3.82. The molecule has 0 atom stereocenters. The number of halogens is 4. The van der Waals surface area contributed by atoms with Crippen molar-refractivity contribution in [3.63, 3.8) is 0 Å². The summed E-state index contributed by atoms with van der Waals surface area (Å²) in [6.45, 7) is 0. The Morgan fingerprint density at radius 2 is 2.00 bits per heavy atom. The van der Waals surface area contributed by atoms with E-state index in [2.05, 4.69) is 9.97 Å². The first-order valence-corrected chi connectivity index (χ1v) is 4.07. The molecule has 0 aromatic carbocycles. The lowest BCUT2D eigenvalue weighted by molar-refractivity contribution is -0.140. The molecule has 0 saturated heterocycles. The fraction of sp³-hybridized carbons (Fsp3) is 0.125. The van der Waals surface area contributed by atoms with Gasteiger partial charge in [-0.3, -0.25) is 0 Å². The molecule has 2 rings (SSSR count). The summed E-state index contributed by atoms with van der Waals surface area (Å²) < 4.78 is 36.7. The van der Waals surface area contributed by atoms with Gasteiger partial charge in [-0.05, 0) is 18.2 Å². The Labute approximate surface area is 81.7 Å². The highest BCUT2D eigenvalue weighted by atomic mass is 35.5. The second kappa shape index (κ2) is 2.88. The van der Waals surface area contributed by atoms with Crippen molar-refractivity contribution < 1.29 is 13.2 Å². The Bertz CT molecular complexity index is 475. The summed E-state index contributed by atoms with van der Waals surface area (Å²) in [5.74, 6) is 0. The van der Waals surface area contributed by atoms with Gasteiger partial charge in [-0.1, -0.05) is 11.6 Å². The lowest BCUT2D eigenvalue weighted by Crippen LogP contribution is -2.04. The molecule has 2 nitrogen and oxygen atoms in total. The molecule has 0 fully saturated rings. The summed E-state index contributed by atoms with van der Waals surface area (Å²) in [4.78, 5) is 5.96. The predicted molar refractivity (Wildman–Crippen MR) is 46.1 cm³/mol. The van der Waals surface area contributed by atoms with E-state index in [1.807, 2.05) is 0 Å². The number of aromatic nitrogens is 2. The van der Waals surface area contributed by atoms with Crippen molar-refractivity contribution in [2.24, 2.45) is 0 Å². The van der Waals surface area contributed by atoms with Crippen LogP contribution in [-0.4, -0.2) is 9.97 Å². The van der Waals surface area contributed by atoms with E-state index in [1.54, 1.807) is 0 Å². The molecule has 2 aromatic rings. The largest absolute Gasteiger partial charge is 0.431 e. The van der Waals surface area contributed by atoms with Gasteiger partial charge >= 0.3 is 6.18 Å². The van der Waals surface area contributed by atoms with Crippen LogP contribution in [-0.2, 0) is 6.18 Å². The average molecular weight is 221 g/mol. The fourth-order valence-electron chi connectivity index (χ4n) is 1.14. The van der Waals surface area contributed by atoms with Crippen LogP contribution < -0.4 is 0 Å². The van der Waals surface area contributed by atoms with Gasteiger partial charge in [-0.25, -0.2) is 4.98 Å².